The first-order valence-corrected chi connectivity index (χ1v) is 10.8. The minimum atomic E-state index is -3.80. The normalized spacial score (nSPS) is 12.2. The number of anilines is 1. The Hall–Kier alpha value is -3.12. The maximum absolute atomic E-state index is 12.9. The lowest BCUT2D eigenvalue weighted by Crippen LogP contribution is -2.29. The van der Waals surface area contributed by atoms with E-state index in [0.717, 1.165) is 11.1 Å². The Morgan fingerprint density at radius 3 is 2.24 bits per heavy atom. The second kappa shape index (κ2) is 8.49. The van der Waals surface area contributed by atoms with Crippen molar-refractivity contribution in [3.63, 3.8) is 0 Å². The highest BCUT2D eigenvalue weighted by molar-refractivity contribution is 7.92. The van der Waals surface area contributed by atoms with Crippen LogP contribution in [-0.4, -0.2) is 26.3 Å². The van der Waals surface area contributed by atoms with Crippen molar-refractivity contribution >= 4 is 21.6 Å². The summed E-state index contributed by atoms with van der Waals surface area (Å²) in [6.07, 6.45) is 0. The Morgan fingerprint density at radius 1 is 0.931 bits per heavy atom. The minimum absolute atomic E-state index is 0.0460. The number of benzene rings is 3. The fraction of sp³-hybridized carbons (Fsp3) is 0.174. The highest BCUT2D eigenvalue weighted by Crippen LogP contribution is 2.22. The van der Waals surface area contributed by atoms with Crippen molar-refractivity contribution < 1.29 is 13.2 Å². The average molecular weight is 409 g/mol. The van der Waals surface area contributed by atoms with Gasteiger partial charge in [0.1, 0.15) is 0 Å². The summed E-state index contributed by atoms with van der Waals surface area (Å²) in [5.41, 5.74) is 2.84. The van der Waals surface area contributed by atoms with Crippen molar-refractivity contribution in [1.29, 1.82) is 0 Å². The molecule has 5 nitrogen and oxygen atoms in total. The summed E-state index contributed by atoms with van der Waals surface area (Å²) in [6, 6.07) is 22.7. The van der Waals surface area contributed by atoms with E-state index >= 15 is 0 Å². The van der Waals surface area contributed by atoms with E-state index in [-0.39, 0.29) is 16.8 Å². The van der Waals surface area contributed by atoms with E-state index < -0.39 is 10.0 Å². The van der Waals surface area contributed by atoms with Crippen LogP contribution in [0.2, 0.25) is 0 Å². The number of nitrogens with zero attached hydrogens (tertiary/aromatic N) is 1. The maximum atomic E-state index is 12.9. The van der Waals surface area contributed by atoms with Gasteiger partial charge in [0.2, 0.25) is 0 Å². The van der Waals surface area contributed by atoms with Gasteiger partial charge in [-0.05, 0) is 49.7 Å². The van der Waals surface area contributed by atoms with Crippen LogP contribution in [0.25, 0.3) is 0 Å². The Kier molecular flexibility index (Phi) is 6.03. The molecule has 3 aromatic carbocycles. The third kappa shape index (κ3) is 4.84. The molecular formula is C23H24N2O3S. The second-order valence-corrected chi connectivity index (χ2v) is 8.68. The molecule has 3 aromatic rings. The van der Waals surface area contributed by atoms with E-state index in [1.807, 2.05) is 56.3 Å². The van der Waals surface area contributed by atoms with Crippen LogP contribution in [0.3, 0.4) is 0 Å². The van der Waals surface area contributed by atoms with Gasteiger partial charge in [0.25, 0.3) is 15.9 Å². The zero-order valence-corrected chi connectivity index (χ0v) is 17.5. The second-order valence-electron chi connectivity index (χ2n) is 7.00. The molecule has 0 saturated heterocycles. The fourth-order valence-corrected chi connectivity index (χ4v) is 4.07. The molecule has 0 bridgehead atoms. The zero-order valence-electron chi connectivity index (χ0n) is 16.7. The Morgan fingerprint density at radius 2 is 1.59 bits per heavy atom. The smallest absolute Gasteiger partial charge is 0.261 e. The molecule has 0 radical (unpaired) electrons. The first-order valence-electron chi connectivity index (χ1n) is 9.29. The lowest BCUT2D eigenvalue weighted by Gasteiger charge is -2.25. The number of carbonyl (C=O) groups is 1. The molecule has 1 N–H and O–H groups in total. The molecule has 0 heterocycles. The van der Waals surface area contributed by atoms with Gasteiger partial charge in [-0.15, -0.1) is 0 Å². The van der Waals surface area contributed by atoms with Crippen LogP contribution >= 0.6 is 0 Å². The largest absolute Gasteiger partial charge is 0.335 e. The number of amides is 1. The van der Waals surface area contributed by atoms with E-state index in [1.54, 1.807) is 36.2 Å². The van der Waals surface area contributed by atoms with Crippen molar-refractivity contribution in [1.82, 2.24) is 4.90 Å². The Labute approximate surface area is 172 Å². The monoisotopic (exact) mass is 408 g/mol. The summed E-state index contributed by atoms with van der Waals surface area (Å²) in [5, 5.41) is 0. The number of carbonyl (C=O) groups excluding carboxylic acids is 1. The summed E-state index contributed by atoms with van der Waals surface area (Å²) < 4.78 is 28.1. The standard InChI is InChI=1S/C23H24N2O3S/c1-17-12-14-21(15-13-17)24-29(27,28)22-11-7-10-20(16-22)23(26)25(3)18(2)19-8-5-4-6-9-19/h4-16,18,24H,1-3H3. The molecular weight excluding hydrogens is 384 g/mol. The van der Waals surface area contributed by atoms with Crippen molar-refractivity contribution in [3.8, 4) is 0 Å². The molecule has 0 spiro atoms. The van der Waals surface area contributed by atoms with Gasteiger partial charge < -0.3 is 4.90 Å². The molecule has 0 aliphatic heterocycles. The van der Waals surface area contributed by atoms with Crippen LogP contribution in [0, 0.1) is 6.92 Å². The fourth-order valence-electron chi connectivity index (χ4n) is 2.97. The van der Waals surface area contributed by atoms with Gasteiger partial charge >= 0.3 is 0 Å². The number of nitrogens with one attached hydrogen (secondary N) is 1. The van der Waals surface area contributed by atoms with Crippen LogP contribution in [0.5, 0.6) is 0 Å². The maximum Gasteiger partial charge on any atom is 0.261 e. The van der Waals surface area contributed by atoms with Gasteiger partial charge in [0, 0.05) is 18.3 Å². The molecule has 0 fully saturated rings. The molecule has 0 saturated carbocycles. The number of rotatable bonds is 6. The van der Waals surface area contributed by atoms with Gasteiger partial charge in [0.05, 0.1) is 10.9 Å². The van der Waals surface area contributed by atoms with E-state index in [2.05, 4.69) is 4.72 Å². The molecule has 0 aromatic heterocycles. The molecule has 6 heteroatoms. The number of sulfonamides is 1. The van der Waals surface area contributed by atoms with E-state index in [9.17, 15) is 13.2 Å². The summed E-state index contributed by atoms with van der Waals surface area (Å²) in [7, 11) is -2.09. The van der Waals surface area contributed by atoms with Gasteiger partial charge in [0.15, 0.2) is 0 Å². The van der Waals surface area contributed by atoms with Gasteiger partial charge in [-0.3, -0.25) is 9.52 Å². The molecule has 29 heavy (non-hydrogen) atoms. The Balaban J connectivity index is 1.82. The van der Waals surface area contributed by atoms with Crippen molar-refractivity contribution in [3.05, 3.63) is 95.6 Å². The highest BCUT2D eigenvalue weighted by Gasteiger charge is 2.21. The topological polar surface area (TPSA) is 66.5 Å². The highest BCUT2D eigenvalue weighted by atomic mass is 32.2. The molecule has 150 valence electrons. The van der Waals surface area contributed by atoms with Gasteiger partial charge in [-0.1, -0.05) is 54.1 Å². The van der Waals surface area contributed by atoms with Crippen LogP contribution in [-0.2, 0) is 10.0 Å². The van der Waals surface area contributed by atoms with E-state index in [1.165, 1.54) is 12.1 Å². The number of hydrogen-bond acceptors (Lipinski definition) is 3. The predicted molar refractivity (Wildman–Crippen MR) is 115 cm³/mol. The molecule has 3 rings (SSSR count). The molecule has 1 amide bonds. The molecule has 1 atom stereocenters. The molecule has 0 aliphatic rings. The quantitative estimate of drug-likeness (QED) is 0.647. The summed E-state index contributed by atoms with van der Waals surface area (Å²) in [4.78, 5) is 14.6. The molecule has 0 aliphatic carbocycles. The van der Waals surface area contributed by atoms with Crippen LogP contribution < -0.4 is 4.72 Å². The summed E-state index contributed by atoms with van der Waals surface area (Å²) in [6.45, 7) is 3.87. The predicted octanol–water partition coefficient (Wildman–Crippen LogP) is 4.63. The number of aryl methyl sites for hydroxylation is 1. The summed E-state index contributed by atoms with van der Waals surface area (Å²) in [5.74, 6) is -0.242. The summed E-state index contributed by atoms with van der Waals surface area (Å²) >= 11 is 0. The lowest BCUT2D eigenvalue weighted by molar-refractivity contribution is 0.0742. The average Bonchev–Trinajstić information content (AvgIpc) is 2.74. The van der Waals surface area contributed by atoms with Gasteiger partial charge in [-0.2, -0.15) is 0 Å². The first kappa shape index (κ1) is 20.6. The van der Waals surface area contributed by atoms with Crippen molar-refractivity contribution in [2.75, 3.05) is 11.8 Å². The zero-order chi connectivity index (χ0) is 21.0. The van der Waals surface area contributed by atoms with Gasteiger partial charge in [-0.25, -0.2) is 8.42 Å². The molecule has 1 unspecified atom stereocenters. The van der Waals surface area contributed by atoms with Crippen LogP contribution in [0.4, 0.5) is 5.69 Å². The number of hydrogen-bond donors (Lipinski definition) is 1. The van der Waals surface area contributed by atoms with Crippen LogP contribution in [0.1, 0.15) is 34.5 Å². The van der Waals surface area contributed by atoms with E-state index in [4.69, 9.17) is 0 Å². The third-order valence-electron chi connectivity index (χ3n) is 4.88. The lowest BCUT2D eigenvalue weighted by atomic mass is 10.1. The minimum Gasteiger partial charge on any atom is -0.335 e. The Bertz CT molecular complexity index is 1090. The van der Waals surface area contributed by atoms with Crippen molar-refractivity contribution in [2.24, 2.45) is 0 Å². The SMILES string of the molecule is Cc1ccc(NS(=O)(=O)c2cccc(C(=O)N(C)C(C)c3ccccc3)c2)cc1. The van der Waals surface area contributed by atoms with Crippen LogP contribution in [0.15, 0.2) is 83.8 Å². The van der Waals surface area contributed by atoms with Crippen molar-refractivity contribution in [2.45, 2.75) is 24.8 Å². The first-order chi connectivity index (χ1) is 13.8. The van der Waals surface area contributed by atoms with E-state index in [0.29, 0.717) is 11.3 Å². The third-order valence-corrected chi connectivity index (χ3v) is 6.26.